The lowest BCUT2D eigenvalue weighted by molar-refractivity contribution is -0.116. The van der Waals surface area contributed by atoms with Crippen LogP contribution in [0.25, 0.3) is 11.0 Å². The van der Waals surface area contributed by atoms with Gasteiger partial charge in [0.2, 0.25) is 5.91 Å². The van der Waals surface area contributed by atoms with Crippen molar-refractivity contribution in [3.8, 4) is 0 Å². The Labute approximate surface area is 160 Å². The SMILES string of the molecule is Cc1cc2nnn(CC(=O)Nc3sc4c(c3C(N)=O)CCCC4)c2cc1C. The van der Waals surface area contributed by atoms with Crippen molar-refractivity contribution in [1.29, 1.82) is 0 Å². The fourth-order valence-corrected chi connectivity index (χ4v) is 4.87. The summed E-state index contributed by atoms with van der Waals surface area (Å²) in [5, 5.41) is 11.7. The van der Waals surface area contributed by atoms with Gasteiger partial charge >= 0.3 is 0 Å². The summed E-state index contributed by atoms with van der Waals surface area (Å²) in [5.41, 5.74) is 10.9. The average molecular weight is 383 g/mol. The summed E-state index contributed by atoms with van der Waals surface area (Å²) in [6, 6.07) is 3.95. The number of aryl methyl sites for hydroxylation is 3. The highest BCUT2D eigenvalue weighted by atomic mass is 32.1. The topological polar surface area (TPSA) is 103 Å². The van der Waals surface area contributed by atoms with Crippen LogP contribution in [-0.4, -0.2) is 26.8 Å². The normalized spacial score (nSPS) is 13.6. The van der Waals surface area contributed by atoms with Crippen LogP contribution in [0.15, 0.2) is 12.1 Å². The molecule has 2 heterocycles. The molecule has 0 spiro atoms. The Balaban J connectivity index is 1.60. The molecule has 27 heavy (non-hydrogen) atoms. The molecule has 2 aromatic heterocycles. The van der Waals surface area contributed by atoms with E-state index >= 15 is 0 Å². The molecule has 140 valence electrons. The number of nitrogens with one attached hydrogen (secondary N) is 1. The third kappa shape index (κ3) is 3.21. The first kappa shape index (κ1) is 17.7. The molecule has 2 amide bonds. The van der Waals surface area contributed by atoms with E-state index in [4.69, 9.17) is 5.73 Å². The summed E-state index contributed by atoms with van der Waals surface area (Å²) in [7, 11) is 0. The zero-order valence-electron chi connectivity index (χ0n) is 15.3. The number of primary amides is 1. The Hall–Kier alpha value is -2.74. The molecular formula is C19H21N5O2S. The standard InChI is InChI=1S/C19H21N5O2S/c1-10-7-13-14(8-11(10)2)24(23-22-13)9-16(25)21-19-17(18(20)26)12-5-3-4-6-15(12)27-19/h7-8H,3-6,9H2,1-2H3,(H2,20,26)(H,21,25). The highest BCUT2D eigenvalue weighted by molar-refractivity contribution is 7.17. The third-order valence-electron chi connectivity index (χ3n) is 5.09. The van der Waals surface area contributed by atoms with Crippen molar-refractivity contribution in [2.75, 3.05) is 5.32 Å². The largest absolute Gasteiger partial charge is 0.365 e. The maximum absolute atomic E-state index is 12.6. The van der Waals surface area contributed by atoms with Crippen molar-refractivity contribution in [1.82, 2.24) is 15.0 Å². The van der Waals surface area contributed by atoms with Crippen molar-refractivity contribution in [3.05, 3.63) is 39.3 Å². The van der Waals surface area contributed by atoms with Crippen molar-refractivity contribution in [3.63, 3.8) is 0 Å². The molecule has 3 aromatic rings. The zero-order chi connectivity index (χ0) is 19.1. The van der Waals surface area contributed by atoms with Crippen molar-refractivity contribution >= 4 is 39.2 Å². The fraction of sp³-hybridized carbons (Fsp3) is 0.368. The number of fused-ring (bicyclic) bond motifs is 2. The van der Waals surface area contributed by atoms with Crippen LogP contribution < -0.4 is 11.1 Å². The maximum atomic E-state index is 12.6. The van der Waals surface area contributed by atoms with E-state index in [1.54, 1.807) is 4.68 Å². The monoisotopic (exact) mass is 383 g/mol. The lowest BCUT2D eigenvalue weighted by atomic mass is 9.95. The van der Waals surface area contributed by atoms with Gasteiger partial charge in [-0.15, -0.1) is 16.4 Å². The number of carbonyl (C=O) groups is 2. The van der Waals surface area contributed by atoms with Gasteiger partial charge in [0.05, 0.1) is 11.1 Å². The number of nitrogens with zero attached hydrogens (tertiary/aromatic N) is 3. The molecule has 0 unspecified atom stereocenters. The lowest BCUT2D eigenvalue weighted by Crippen LogP contribution is -2.22. The maximum Gasteiger partial charge on any atom is 0.251 e. The molecule has 0 saturated carbocycles. The van der Waals surface area contributed by atoms with Crippen molar-refractivity contribution in [2.24, 2.45) is 5.73 Å². The van der Waals surface area contributed by atoms with Crippen molar-refractivity contribution in [2.45, 2.75) is 46.1 Å². The van der Waals surface area contributed by atoms with Gasteiger partial charge in [-0.2, -0.15) is 0 Å². The van der Waals surface area contributed by atoms with Crippen LogP contribution in [0.3, 0.4) is 0 Å². The molecular weight excluding hydrogens is 362 g/mol. The van der Waals surface area contributed by atoms with E-state index in [0.29, 0.717) is 10.6 Å². The molecule has 1 aliphatic rings. The Morgan fingerprint density at radius 3 is 2.74 bits per heavy atom. The molecule has 0 atom stereocenters. The molecule has 3 N–H and O–H groups in total. The molecule has 0 fully saturated rings. The van der Waals surface area contributed by atoms with E-state index in [-0.39, 0.29) is 12.5 Å². The van der Waals surface area contributed by atoms with Gasteiger partial charge in [0.1, 0.15) is 17.1 Å². The van der Waals surface area contributed by atoms with Crippen molar-refractivity contribution < 1.29 is 9.59 Å². The number of carbonyl (C=O) groups excluding carboxylic acids is 2. The predicted molar refractivity (Wildman–Crippen MR) is 105 cm³/mol. The van der Waals surface area contributed by atoms with Gasteiger partial charge in [0, 0.05) is 4.88 Å². The minimum absolute atomic E-state index is 0.0275. The first-order valence-electron chi connectivity index (χ1n) is 8.98. The van der Waals surface area contributed by atoms with Gasteiger partial charge in [-0.1, -0.05) is 5.21 Å². The Kier molecular flexibility index (Phi) is 4.43. The first-order chi connectivity index (χ1) is 12.9. The molecule has 4 rings (SSSR count). The number of rotatable bonds is 4. The van der Waals surface area contributed by atoms with E-state index in [1.807, 2.05) is 26.0 Å². The summed E-state index contributed by atoms with van der Waals surface area (Å²) < 4.78 is 1.58. The lowest BCUT2D eigenvalue weighted by Gasteiger charge is -2.11. The zero-order valence-corrected chi connectivity index (χ0v) is 16.2. The summed E-state index contributed by atoms with van der Waals surface area (Å²) in [5.74, 6) is -0.733. The number of hydrogen-bond acceptors (Lipinski definition) is 5. The van der Waals surface area contributed by atoms with E-state index in [9.17, 15) is 9.59 Å². The van der Waals surface area contributed by atoms with E-state index in [2.05, 4.69) is 15.6 Å². The van der Waals surface area contributed by atoms with Crippen LogP contribution in [0.5, 0.6) is 0 Å². The minimum atomic E-state index is -0.484. The molecule has 1 aliphatic carbocycles. The van der Waals surface area contributed by atoms with Crippen LogP contribution in [-0.2, 0) is 24.2 Å². The highest BCUT2D eigenvalue weighted by Crippen LogP contribution is 2.37. The third-order valence-corrected chi connectivity index (χ3v) is 6.30. The minimum Gasteiger partial charge on any atom is -0.365 e. The summed E-state index contributed by atoms with van der Waals surface area (Å²) >= 11 is 1.46. The number of hydrogen-bond donors (Lipinski definition) is 2. The number of thiophene rings is 1. The number of benzene rings is 1. The molecule has 0 aliphatic heterocycles. The van der Waals surface area contributed by atoms with E-state index in [1.165, 1.54) is 11.3 Å². The molecule has 8 heteroatoms. The fourth-order valence-electron chi connectivity index (χ4n) is 3.56. The van der Waals surface area contributed by atoms with E-state index < -0.39 is 5.91 Å². The van der Waals surface area contributed by atoms with Gasteiger partial charge in [0.15, 0.2) is 0 Å². The Morgan fingerprint density at radius 1 is 1.22 bits per heavy atom. The van der Waals surface area contributed by atoms with Gasteiger partial charge in [-0.05, 0) is 68.4 Å². The molecule has 0 saturated heterocycles. The van der Waals surface area contributed by atoms with Gasteiger partial charge in [0.25, 0.3) is 5.91 Å². The van der Waals surface area contributed by atoms with Crippen LogP contribution in [0.4, 0.5) is 5.00 Å². The first-order valence-corrected chi connectivity index (χ1v) is 9.80. The second-order valence-electron chi connectivity index (χ2n) is 7.00. The molecule has 7 nitrogen and oxygen atoms in total. The number of amides is 2. The van der Waals surface area contributed by atoms with Crippen LogP contribution >= 0.6 is 11.3 Å². The van der Waals surface area contributed by atoms with Gasteiger partial charge in [-0.25, -0.2) is 4.68 Å². The predicted octanol–water partition coefficient (Wildman–Crippen LogP) is 2.73. The second-order valence-corrected chi connectivity index (χ2v) is 8.10. The quantitative estimate of drug-likeness (QED) is 0.723. The highest BCUT2D eigenvalue weighted by Gasteiger charge is 2.25. The van der Waals surface area contributed by atoms with E-state index in [0.717, 1.165) is 58.3 Å². The number of nitrogens with two attached hydrogens (primary N) is 1. The number of aromatic nitrogens is 3. The van der Waals surface area contributed by atoms with Crippen LogP contribution in [0, 0.1) is 13.8 Å². The van der Waals surface area contributed by atoms with Crippen LogP contribution in [0.2, 0.25) is 0 Å². The summed E-state index contributed by atoms with van der Waals surface area (Å²) in [6.07, 6.45) is 3.92. The Bertz CT molecular complexity index is 1070. The summed E-state index contributed by atoms with van der Waals surface area (Å²) in [6.45, 7) is 4.06. The van der Waals surface area contributed by atoms with Crippen LogP contribution in [0.1, 0.15) is 44.8 Å². The average Bonchev–Trinajstić information content (AvgIpc) is 3.16. The van der Waals surface area contributed by atoms with Gasteiger partial charge < -0.3 is 11.1 Å². The smallest absolute Gasteiger partial charge is 0.251 e. The molecule has 0 radical (unpaired) electrons. The second kappa shape index (κ2) is 6.77. The molecule has 1 aromatic carbocycles. The Morgan fingerprint density at radius 2 is 1.96 bits per heavy atom. The van der Waals surface area contributed by atoms with Gasteiger partial charge in [-0.3, -0.25) is 9.59 Å². The number of anilines is 1. The summed E-state index contributed by atoms with van der Waals surface area (Å²) in [4.78, 5) is 25.7. The molecule has 0 bridgehead atoms.